The number of hydrogen-bond acceptors (Lipinski definition) is 11. The second kappa shape index (κ2) is 10.1. The lowest BCUT2D eigenvalue weighted by molar-refractivity contribution is -0.203. The number of nitrogens with zero attached hydrogens (tertiary/aromatic N) is 1. The SMILES string of the molecule is Cc1ccc(O)c2c1[C@]13CCN(C)[C@H](C)[C@]1(OC(=O)C[C@H](O)C(=O)O)CC=C(OC(=O)C[C@H](O)C(=O)O)[C@@H]3O2. The first-order chi connectivity index (χ1) is 18.2. The molecule has 2 heterocycles. The van der Waals surface area contributed by atoms with Crippen LogP contribution in [0.15, 0.2) is 24.0 Å². The molecular formula is C26H31NO12. The van der Waals surface area contributed by atoms with Gasteiger partial charge in [-0.3, -0.25) is 14.5 Å². The number of phenolic OH excluding ortho intramolecular Hbond substituents is 1. The Labute approximate surface area is 223 Å². The molecule has 1 saturated heterocycles. The maximum atomic E-state index is 13.1. The number of rotatable bonds is 8. The Bertz CT molecular complexity index is 1240. The van der Waals surface area contributed by atoms with E-state index in [1.54, 1.807) is 13.0 Å². The molecule has 0 saturated carbocycles. The number of esters is 2. The molecule has 0 radical (unpaired) electrons. The number of aromatic hydroxyl groups is 1. The predicted molar refractivity (Wildman–Crippen MR) is 130 cm³/mol. The minimum absolute atomic E-state index is 0.00147. The van der Waals surface area contributed by atoms with Gasteiger partial charge in [0.25, 0.3) is 0 Å². The average Bonchev–Trinajstić information content (AvgIpc) is 3.23. The molecule has 3 aliphatic rings. The molecule has 0 amide bonds. The van der Waals surface area contributed by atoms with Crippen LogP contribution in [0.4, 0.5) is 0 Å². The molecule has 1 fully saturated rings. The summed E-state index contributed by atoms with van der Waals surface area (Å²) in [7, 11) is 1.83. The van der Waals surface area contributed by atoms with E-state index in [9.17, 15) is 34.5 Å². The van der Waals surface area contributed by atoms with E-state index < -0.39 is 72.1 Å². The molecule has 1 spiro atoms. The van der Waals surface area contributed by atoms with E-state index in [1.807, 2.05) is 18.9 Å². The number of benzene rings is 1. The van der Waals surface area contributed by atoms with Crippen LogP contribution >= 0.6 is 0 Å². The summed E-state index contributed by atoms with van der Waals surface area (Å²) in [4.78, 5) is 49.8. The van der Waals surface area contributed by atoms with Crippen molar-refractivity contribution in [3.05, 3.63) is 35.1 Å². The molecule has 1 aromatic rings. The van der Waals surface area contributed by atoms with Crippen LogP contribution in [0.3, 0.4) is 0 Å². The number of hydrogen-bond donors (Lipinski definition) is 5. The van der Waals surface area contributed by atoms with Crippen molar-refractivity contribution >= 4 is 23.9 Å². The third-order valence-corrected chi connectivity index (χ3v) is 8.11. The third-order valence-electron chi connectivity index (χ3n) is 8.11. The molecule has 13 nitrogen and oxygen atoms in total. The second-order valence-electron chi connectivity index (χ2n) is 10.2. The van der Waals surface area contributed by atoms with Crippen LogP contribution in [0.5, 0.6) is 11.5 Å². The summed E-state index contributed by atoms with van der Waals surface area (Å²) in [6.45, 7) is 4.09. The number of fused-ring (bicyclic) bond motifs is 1. The van der Waals surface area contributed by atoms with Gasteiger partial charge in [0.15, 0.2) is 29.8 Å². The zero-order chi connectivity index (χ0) is 28.9. The molecule has 1 aliphatic carbocycles. The molecule has 13 heteroatoms. The quantitative estimate of drug-likeness (QED) is 0.276. The molecule has 4 rings (SSSR count). The van der Waals surface area contributed by atoms with E-state index >= 15 is 0 Å². The molecule has 2 aliphatic heterocycles. The summed E-state index contributed by atoms with van der Waals surface area (Å²) in [5, 5.41) is 48.2. The van der Waals surface area contributed by atoms with Crippen molar-refractivity contribution in [3.63, 3.8) is 0 Å². The Kier molecular flexibility index (Phi) is 7.36. The van der Waals surface area contributed by atoms with Crippen LogP contribution in [-0.4, -0.2) is 97.9 Å². The summed E-state index contributed by atoms with van der Waals surface area (Å²) in [5.74, 6) is -5.25. The van der Waals surface area contributed by atoms with E-state index in [4.69, 9.17) is 24.4 Å². The van der Waals surface area contributed by atoms with Crippen molar-refractivity contribution in [1.82, 2.24) is 4.90 Å². The Balaban J connectivity index is 1.85. The summed E-state index contributed by atoms with van der Waals surface area (Å²) < 4.78 is 17.9. The van der Waals surface area contributed by atoms with Gasteiger partial charge in [-0.1, -0.05) is 6.07 Å². The largest absolute Gasteiger partial charge is 0.504 e. The first-order valence-corrected chi connectivity index (χ1v) is 12.4. The van der Waals surface area contributed by atoms with Crippen LogP contribution < -0.4 is 4.74 Å². The topological polar surface area (TPSA) is 200 Å². The van der Waals surface area contributed by atoms with Crippen molar-refractivity contribution in [2.45, 2.75) is 74.9 Å². The summed E-state index contributed by atoms with van der Waals surface area (Å²) in [6, 6.07) is 2.63. The van der Waals surface area contributed by atoms with Gasteiger partial charge in [0, 0.05) is 18.0 Å². The van der Waals surface area contributed by atoms with Crippen LogP contribution in [0.1, 0.15) is 43.7 Å². The molecule has 6 atom stereocenters. The van der Waals surface area contributed by atoms with Crippen molar-refractivity contribution < 1.29 is 58.9 Å². The van der Waals surface area contributed by atoms with Gasteiger partial charge >= 0.3 is 23.9 Å². The lowest BCUT2D eigenvalue weighted by atomic mass is 9.54. The smallest absolute Gasteiger partial charge is 0.333 e. The first-order valence-electron chi connectivity index (χ1n) is 12.4. The fourth-order valence-corrected chi connectivity index (χ4v) is 6.10. The van der Waals surface area contributed by atoms with Crippen LogP contribution in [0.2, 0.25) is 0 Å². The van der Waals surface area contributed by atoms with Gasteiger partial charge in [-0.05, 0) is 51.6 Å². The molecule has 0 unspecified atom stereocenters. The number of phenols is 1. The van der Waals surface area contributed by atoms with E-state index in [2.05, 4.69) is 0 Å². The number of carbonyl (C=O) groups is 4. The number of piperidine rings is 1. The number of aliphatic carboxylic acids is 2. The van der Waals surface area contributed by atoms with E-state index in [-0.39, 0.29) is 23.7 Å². The highest BCUT2D eigenvalue weighted by atomic mass is 16.6. The van der Waals surface area contributed by atoms with Gasteiger partial charge in [0.05, 0.1) is 18.3 Å². The maximum absolute atomic E-state index is 13.1. The number of aliphatic hydroxyl groups excluding tert-OH is 2. The highest BCUT2D eigenvalue weighted by molar-refractivity contribution is 5.82. The summed E-state index contributed by atoms with van der Waals surface area (Å²) >= 11 is 0. The number of carboxylic acids is 2. The van der Waals surface area contributed by atoms with Crippen molar-refractivity contribution in [2.24, 2.45) is 0 Å². The fourth-order valence-electron chi connectivity index (χ4n) is 6.10. The van der Waals surface area contributed by atoms with E-state index in [1.165, 1.54) is 12.1 Å². The number of carbonyl (C=O) groups excluding carboxylic acids is 2. The average molecular weight is 550 g/mol. The monoisotopic (exact) mass is 549 g/mol. The zero-order valence-electron chi connectivity index (χ0n) is 21.6. The van der Waals surface area contributed by atoms with Gasteiger partial charge < -0.3 is 39.7 Å². The highest BCUT2D eigenvalue weighted by Gasteiger charge is 2.71. The van der Waals surface area contributed by atoms with E-state index in [0.717, 1.165) is 0 Å². The van der Waals surface area contributed by atoms with Crippen molar-refractivity contribution in [2.75, 3.05) is 13.6 Å². The summed E-state index contributed by atoms with van der Waals surface area (Å²) in [5.41, 5.74) is -1.41. The summed E-state index contributed by atoms with van der Waals surface area (Å²) in [6.07, 6.45) is -4.94. The minimum Gasteiger partial charge on any atom is -0.504 e. The van der Waals surface area contributed by atoms with Gasteiger partial charge in [-0.2, -0.15) is 0 Å². The molecule has 39 heavy (non-hydrogen) atoms. The number of aliphatic hydroxyl groups is 2. The number of ether oxygens (including phenoxy) is 3. The number of aryl methyl sites for hydroxylation is 1. The highest BCUT2D eigenvalue weighted by Crippen LogP contribution is 2.63. The molecule has 5 N–H and O–H groups in total. The van der Waals surface area contributed by atoms with Crippen LogP contribution in [-0.2, 0) is 34.1 Å². The molecule has 1 aromatic carbocycles. The van der Waals surface area contributed by atoms with Crippen molar-refractivity contribution in [3.8, 4) is 11.5 Å². The van der Waals surface area contributed by atoms with Gasteiger partial charge in [-0.15, -0.1) is 0 Å². The zero-order valence-corrected chi connectivity index (χ0v) is 21.6. The van der Waals surface area contributed by atoms with Crippen molar-refractivity contribution in [1.29, 1.82) is 0 Å². The Hall–Kier alpha value is -3.68. The fraction of sp³-hybridized carbons (Fsp3) is 0.538. The molecule has 212 valence electrons. The predicted octanol–water partition coefficient (Wildman–Crippen LogP) is 0.207. The standard InChI is InChI=1S/C26H31NO12/c1-12-4-5-14(28)21-20(12)25-8-9-27(3)13(2)26(25,39-19(32)11-16(30)24(35)36)7-6-17(22(25)38-21)37-18(31)10-15(29)23(33)34/h4-6,13,15-16,22,28-30H,7-11H2,1-3H3,(H,33,34)(H,35,36)/t13-,15+,16+,22+,25+,26-/m1/s1. The lowest BCUT2D eigenvalue weighted by Crippen LogP contribution is -2.73. The Morgan fingerprint density at radius 2 is 1.72 bits per heavy atom. The molecule has 0 bridgehead atoms. The van der Waals surface area contributed by atoms with E-state index in [0.29, 0.717) is 24.1 Å². The van der Waals surface area contributed by atoms with Gasteiger partial charge in [0.2, 0.25) is 0 Å². The Morgan fingerprint density at radius 3 is 2.33 bits per heavy atom. The maximum Gasteiger partial charge on any atom is 0.333 e. The molecule has 0 aromatic heterocycles. The number of carboxylic acid groups (broad SMARTS) is 2. The van der Waals surface area contributed by atoms with Gasteiger partial charge in [0.1, 0.15) is 11.4 Å². The second-order valence-corrected chi connectivity index (χ2v) is 10.2. The Morgan fingerprint density at radius 1 is 1.10 bits per heavy atom. The number of likely N-dealkylation sites (tertiary alicyclic amines) is 1. The molecular weight excluding hydrogens is 518 g/mol. The third kappa shape index (κ3) is 4.49. The van der Waals surface area contributed by atoms with Crippen LogP contribution in [0, 0.1) is 6.92 Å². The van der Waals surface area contributed by atoms with Gasteiger partial charge in [-0.25, -0.2) is 9.59 Å². The first kappa shape index (κ1) is 28.3. The van der Waals surface area contributed by atoms with Crippen LogP contribution in [0.25, 0.3) is 0 Å². The number of likely N-dealkylation sites (N-methyl/N-ethyl adjacent to an activating group) is 1. The lowest BCUT2D eigenvalue weighted by Gasteiger charge is -2.59. The minimum atomic E-state index is -1.98. The normalized spacial score (nSPS) is 29.0.